The number of pyridine rings is 1. The van der Waals surface area contributed by atoms with Gasteiger partial charge < -0.3 is 5.32 Å². The summed E-state index contributed by atoms with van der Waals surface area (Å²) >= 11 is 9.06. The molecule has 1 heterocycles. The molecule has 19 heavy (non-hydrogen) atoms. The molecule has 0 radical (unpaired) electrons. The molecule has 0 saturated heterocycles. The molecule has 0 fully saturated rings. The lowest BCUT2D eigenvalue weighted by atomic mass is 10.2. The average Bonchev–Trinajstić information content (AvgIpc) is 2.41. The second-order valence-corrected chi connectivity index (χ2v) is 5.15. The summed E-state index contributed by atoms with van der Waals surface area (Å²) in [4.78, 5) is 15.7. The zero-order valence-electron chi connectivity index (χ0n) is 9.86. The zero-order chi connectivity index (χ0) is 13.7. The van der Waals surface area contributed by atoms with Crippen molar-refractivity contribution in [2.45, 2.75) is 6.54 Å². The normalized spacial score (nSPS) is 10.0. The lowest BCUT2D eigenvalue weighted by molar-refractivity contribution is 0.251. The molecule has 0 atom stereocenters. The summed E-state index contributed by atoms with van der Waals surface area (Å²) in [5.74, 6) is 0.497. The third kappa shape index (κ3) is 4.54. The molecule has 2 aromatic rings. The van der Waals surface area contributed by atoms with Gasteiger partial charge in [-0.2, -0.15) is 0 Å². The molecule has 0 unspecified atom stereocenters. The minimum Gasteiger partial charge on any atom is -0.334 e. The lowest BCUT2D eigenvalue weighted by Gasteiger charge is -2.07. The first-order valence-electron chi connectivity index (χ1n) is 5.54. The van der Waals surface area contributed by atoms with E-state index in [2.05, 4.69) is 31.5 Å². The number of rotatable bonds is 3. The Kier molecular flexibility index (Phi) is 4.76. The predicted molar refractivity (Wildman–Crippen MR) is 79.2 cm³/mol. The number of nitrogens with one attached hydrogen (secondary N) is 2. The van der Waals surface area contributed by atoms with Gasteiger partial charge in [-0.15, -0.1) is 0 Å². The summed E-state index contributed by atoms with van der Waals surface area (Å²) in [5, 5.41) is 6.05. The van der Waals surface area contributed by atoms with Gasteiger partial charge in [-0.1, -0.05) is 23.7 Å². The molecule has 0 saturated carbocycles. The fraction of sp³-hybridized carbons (Fsp3) is 0.0769. The number of halogens is 2. The van der Waals surface area contributed by atoms with E-state index in [-0.39, 0.29) is 6.03 Å². The van der Waals surface area contributed by atoms with Crippen molar-refractivity contribution < 1.29 is 4.79 Å². The summed E-state index contributed by atoms with van der Waals surface area (Å²) in [6, 6.07) is 10.5. The van der Waals surface area contributed by atoms with Gasteiger partial charge in [-0.3, -0.25) is 5.32 Å². The number of amides is 2. The third-order valence-electron chi connectivity index (χ3n) is 2.34. The number of nitrogens with zero attached hydrogens (tertiary/aromatic N) is 1. The van der Waals surface area contributed by atoms with Crippen molar-refractivity contribution in [2.75, 3.05) is 5.32 Å². The van der Waals surface area contributed by atoms with E-state index in [1.165, 1.54) is 0 Å². The Morgan fingerprint density at radius 2 is 1.95 bits per heavy atom. The molecule has 4 nitrogen and oxygen atoms in total. The molecule has 2 amide bonds. The van der Waals surface area contributed by atoms with Crippen LogP contribution in [0.4, 0.5) is 10.6 Å². The van der Waals surface area contributed by atoms with E-state index in [0.717, 1.165) is 10.0 Å². The maximum Gasteiger partial charge on any atom is 0.320 e. The second kappa shape index (κ2) is 6.54. The Hall–Kier alpha value is -1.59. The minimum atomic E-state index is -0.301. The summed E-state index contributed by atoms with van der Waals surface area (Å²) in [7, 11) is 0. The molecule has 0 aliphatic rings. The number of urea groups is 1. The number of carbonyl (C=O) groups is 1. The number of hydrogen-bond donors (Lipinski definition) is 2. The van der Waals surface area contributed by atoms with Crippen LogP contribution in [0.25, 0.3) is 0 Å². The number of aromatic nitrogens is 1. The van der Waals surface area contributed by atoms with Gasteiger partial charge in [0, 0.05) is 22.2 Å². The highest BCUT2D eigenvalue weighted by Gasteiger charge is 2.02. The van der Waals surface area contributed by atoms with Gasteiger partial charge in [0.15, 0.2) is 0 Å². The molecule has 1 aromatic carbocycles. The van der Waals surface area contributed by atoms with Gasteiger partial charge in [0.1, 0.15) is 5.82 Å². The van der Waals surface area contributed by atoms with E-state index in [4.69, 9.17) is 11.6 Å². The molecule has 0 bridgehead atoms. The fourth-order valence-corrected chi connectivity index (χ4v) is 1.76. The van der Waals surface area contributed by atoms with Gasteiger partial charge in [0.2, 0.25) is 0 Å². The number of benzene rings is 1. The van der Waals surface area contributed by atoms with Crippen molar-refractivity contribution in [3.63, 3.8) is 0 Å². The maximum absolute atomic E-state index is 11.6. The molecule has 98 valence electrons. The van der Waals surface area contributed by atoms with Crippen molar-refractivity contribution in [1.29, 1.82) is 0 Å². The van der Waals surface area contributed by atoms with Gasteiger partial charge >= 0.3 is 6.03 Å². The largest absolute Gasteiger partial charge is 0.334 e. The highest BCUT2D eigenvalue weighted by atomic mass is 79.9. The van der Waals surface area contributed by atoms with Gasteiger partial charge in [-0.05, 0) is 45.8 Å². The lowest BCUT2D eigenvalue weighted by Crippen LogP contribution is -2.28. The zero-order valence-corrected chi connectivity index (χ0v) is 12.2. The number of carbonyl (C=O) groups excluding carboxylic acids is 1. The van der Waals surface area contributed by atoms with Gasteiger partial charge in [0.05, 0.1) is 0 Å². The first-order chi connectivity index (χ1) is 9.13. The van der Waals surface area contributed by atoms with Crippen LogP contribution in [0.1, 0.15) is 5.56 Å². The number of hydrogen-bond acceptors (Lipinski definition) is 2. The topological polar surface area (TPSA) is 54.0 Å². The SMILES string of the molecule is O=C(NCc1ccc(Cl)cc1)Nc1ccc(Br)cn1. The van der Waals surface area contributed by atoms with Crippen LogP contribution in [-0.4, -0.2) is 11.0 Å². The highest BCUT2D eigenvalue weighted by Crippen LogP contribution is 2.11. The van der Waals surface area contributed by atoms with E-state index in [1.54, 1.807) is 24.4 Å². The fourth-order valence-electron chi connectivity index (χ4n) is 1.39. The summed E-state index contributed by atoms with van der Waals surface area (Å²) in [5.41, 5.74) is 0.975. The molecule has 2 rings (SSSR count). The Labute approximate surface area is 124 Å². The van der Waals surface area contributed by atoms with Gasteiger partial charge in [0.25, 0.3) is 0 Å². The van der Waals surface area contributed by atoms with Crippen LogP contribution in [0, 0.1) is 0 Å². The molecule has 0 spiro atoms. The Morgan fingerprint density at radius 1 is 1.21 bits per heavy atom. The molecule has 6 heteroatoms. The van der Waals surface area contributed by atoms with E-state index in [9.17, 15) is 4.79 Å². The molecule has 0 aliphatic heterocycles. The molecule has 0 aliphatic carbocycles. The Bertz CT molecular complexity index is 557. The molecule has 2 N–H and O–H groups in total. The van der Waals surface area contributed by atoms with Crippen molar-refractivity contribution in [2.24, 2.45) is 0 Å². The van der Waals surface area contributed by atoms with Crippen LogP contribution in [0.15, 0.2) is 47.1 Å². The average molecular weight is 341 g/mol. The minimum absolute atomic E-state index is 0.301. The molecular formula is C13H11BrClN3O. The Morgan fingerprint density at radius 3 is 2.58 bits per heavy atom. The van der Waals surface area contributed by atoms with Crippen LogP contribution in [0.5, 0.6) is 0 Å². The van der Waals surface area contributed by atoms with Gasteiger partial charge in [-0.25, -0.2) is 9.78 Å². The van der Waals surface area contributed by atoms with Crippen LogP contribution >= 0.6 is 27.5 Å². The summed E-state index contributed by atoms with van der Waals surface area (Å²) in [6.45, 7) is 0.430. The van der Waals surface area contributed by atoms with Crippen molar-refractivity contribution in [3.05, 3.63) is 57.7 Å². The van der Waals surface area contributed by atoms with E-state index in [1.807, 2.05) is 18.2 Å². The highest BCUT2D eigenvalue weighted by molar-refractivity contribution is 9.10. The van der Waals surface area contributed by atoms with Crippen molar-refractivity contribution in [3.8, 4) is 0 Å². The van der Waals surface area contributed by atoms with Crippen molar-refractivity contribution >= 4 is 39.4 Å². The summed E-state index contributed by atoms with van der Waals surface area (Å²) in [6.07, 6.45) is 1.62. The van der Waals surface area contributed by atoms with E-state index in [0.29, 0.717) is 17.4 Å². The smallest absolute Gasteiger partial charge is 0.320 e. The van der Waals surface area contributed by atoms with Crippen molar-refractivity contribution in [1.82, 2.24) is 10.3 Å². The predicted octanol–water partition coefficient (Wildman–Crippen LogP) is 3.82. The van der Waals surface area contributed by atoms with Crippen LogP contribution in [0.3, 0.4) is 0 Å². The summed E-state index contributed by atoms with van der Waals surface area (Å²) < 4.78 is 0.861. The van der Waals surface area contributed by atoms with E-state index < -0.39 is 0 Å². The maximum atomic E-state index is 11.6. The second-order valence-electron chi connectivity index (χ2n) is 3.80. The first-order valence-corrected chi connectivity index (χ1v) is 6.71. The van der Waals surface area contributed by atoms with Crippen LogP contribution < -0.4 is 10.6 Å². The Balaban J connectivity index is 1.84. The molecule has 1 aromatic heterocycles. The monoisotopic (exact) mass is 339 g/mol. The number of anilines is 1. The molecular weight excluding hydrogens is 330 g/mol. The standard InChI is InChI=1S/C13H11BrClN3O/c14-10-3-6-12(16-8-10)18-13(19)17-7-9-1-4-11(15)5-2-9/h1-6,8H,7H2,(H2,16,17,18,19). The van der Waals surface area contributed by atoms with Crippen LogP contribution in [0.2, 0.25) is 5.02 Å². The van der Waals surface area contributed by atoms with Crippen LogP contribution in [-0.2, 0) is 6.54 Å². The third-order valence-corrected chi connectivity index (χ3v) is 3.06. The first kappa shape index (κ1) is 13.8. The quantitative estimate of drug-likeness (QED) is 0.892. The van der Waals surface area contributed by atoms with E-state index >= 15 is 0 Å².